The lowest BCUT2D eigenvalue weighted by molar-refractivity contribution is -0.120. The first-order valence-corrected chi connectivity index (χ1v) is 8.01. The predicted octanol–water partition coefficient (Wildman–Crippen LogP) is 1.14. The van der Waals surface area contributed by atoms with Crippen LogP contribution >= 0.6 is 0 Å². The number of hydrogen-bond acceptors (Lipinski definition) is 5. The summed E-state index contributed by atoms with van der Waals surface area (Å²) in [5, 5.41) is 0. The highest BCUT2D eigenvalue weighted by molar-refractivity contribution is 7.89. The van der Waals surface area contributed by atoms with Crippen LogP contribution in [0.5, 0.6) is 0 Å². The number of carbonyl (C=O) groups excluding carboxylic acids is 2. The summed E-state index contributed by atoms with van der Waals surface area (Å²) < 4.78 is 31.1. The molecule has 2 rings (SSSR count). The number of Topliss-reactive ketones (excluding diaryl/α,β-unsaturated/α-hetero) is 1. The van der Waals surface area contributed by atoms with Crippen LogP contribution < -0.4 is 0 Å². The van der Waals surface area contributed by atoms with Gasteiger partial charge in [-0.15, -0.1) is 0 Å². The van der Waals surface area contributed by atoms with E-state index in [2.05, 4.69) is 4.74 Å². The number of methoxy groups -OCH3 is 1. The molecule has 7 heteroatoms. The van der Waals surface area contributed by atoms with Crippen molar-refractivity contribution in [3.05, 3.63) is 29.3 Å². The molecule has 0 spiro atoms. The maximum absolute atomic E-state index is 12.6. The fraction of sp³-hybridized carbons (Fsp3) is 0.429. The van der Waals surface area contributed by atoms with Gasteiger partial charge in [-0.25, -0.2) is 13.2 Å². The number of carbonyl (C=O) groups is 2. The first-order chi connectivity index (χ1) is 9.86. The molecule has 0 aliphatic carbocycles. The number of aryl methyl sites for hydroxylation is 1. The van der Waals surface area contributed by atoms with Crippen LogP contribution in [0.15, 0.2) is 23.1 Å². The number of nitrogens with zero attached hydrogens (tertiary/aromatic N) is 1. The molecule has 1 saturated heterocycles. The van der Waals surface area contributed by atoms with Crippen molar-refractivity contribution in [2.45, 2.75) is 24.7 Å². The van der Waals surface area contributed by atoms with E-state index >= 15 is 0 Å². The lowest BCUT2D eigenvalue weighted by Crippen LogP contribution is -2.38. The largest absolute Gasteiger partial charge is 0.465 e. The third-order valence-corrected chi connectivity index (χ3v) is 5.55. The van der Waals surface area contributed by atoms with Gasteiger partial charge in [-0.3, -0.25) is 4.79 Å². The molecule has 1 heterocycles. The zero-order valence-electron chi connectivity index (χ0n) is 12.0. The highest BCUT2D eigenvalue weighted by atomic mass is 32.2. The molecule has 21 heavy (non-hydrogen) atoms. The van der Waals surface area contributed by atoms with E-state index < -0.39 is 16.0 Å². The Labute approximate surface area is 123 Å². The number of piperidine rings is 1. The molecule has 114 valence electrons. The van der Waals surface area contributed by atoms with Gasteiger partial charge in [0.15, 0.2) is 0 Å². The Morgan fingerprint density at radius 1 is 1.24 bits per heavy atom. The van der Waals surface area contributed by atoms with Crippen molar-refractivity contribution in [2.75, 3.05) is 20.2 Å². The van der Waals surface area contributed by atoms with Gasteiger partial charge in [-0.1, -0.05) is 0 Å². The van der Waals surface area contributed by atoms with Crippen LogP contribution in [-0.4, -0.2) is 44.7 Å². The summed E-state index contributed by atoms with van der Waals surface area (Å²) in [6.45, 7) is 2.05. The maximum Gasteiger partial charge on any atom is 0.337 e. The molecule has 0 radical (unpaired) electrons. The number of sulfonamides is 1. The minimum atomic E-state index is -3.64. The number of benzene rings is 1. The van der Waals surface area contributed by atoms with Crippen LogP contribution in [0.1, 0.15) is 28.8 Å². The summed E-state index contributed by atoms with van der Waals surface area (Å²) in [7, 11) is -2.37. The highest BCUT2D eigenvalue weighted by Gasteiger charge is 2.29. The zero-order valence-corrected chi connectivity index (χ0v) is 12.8. The van der Waals surface area contributed by atoms with Crippen molar-refractivity contribution < 1.29 is 22.7 Å². The third kappa shape index (κ3) is 3.14. The Balaban J connectivity index is 2.32. The molecule has 0 unspecified atom stereocenters. The van der Waals surface area contributed by atoms with Crippen molar-refractivity contribution in [1.82, 2.24) is 4.31 Å². The standard InChI is InChI=1S/C14H17NO5S/c1-10-9-11(14(17)20-2)3-4-13(10)21(18,19)15-7-5-12(16)6-8-15/h3-4,9H,5-8H2,1-2H3. The molecule has 0 amide bonds. The fourth-order valence-electron chi connectivity index (χ4n) is 2.30. The summed E-state index contributed by atoms with van der Waals surface area (Å²) in [6.07, 6.45) is 0.497. The SMILES string of the molecule is COC(=O)c1ccc(S(=O)(=O)N2CCC(=O)CC2)c(C)c1. The average molecular weight is 311 g/mol. The monoisotopic (exact) mass is 311 g/mol. The predicted molar refractivity (Wildman–Crippen MR) is 75.5 cm³/mol. The molecule has 0 aromatic heterocycles. The summed E-state index contributed by atoms with van der Waals surface area (Å²) in [4.78, 5) is 22.8. The molecule has 1 fully saturated rings. The van der Waals surface area contributed by atoms with Crippen LogP contribution in [0.2, 0.25) is 0 Å². The van der Waals surface area contributed by atoms with E-state index in [-0.39, 0.29) is 36.6 Å². The minimum Gasteiger partial charge on any atom is -0.465 e. The van der Waals surface area contributed by atoms with Gasteiger partial charge in [-0.2, -0.15) is 4.31 Å². The third-order valence-electron chi connectivity index (χ3n) is 3.49. The summed E-state index contributed by atoms with van der Waals surface area (Å²) in [5.74, 6) is -0.426. The second-order valence-corrected chi connectivity index (χ2v) is 6.82. The quantitative estimate of drug-likeness (QED) is 0.782. The van der Waals surface area contributed by atoms with Gasteiger partial charge in [0, 0.05) is 25.9 Å². The number of ether oxygens (including phenoxy) is 1. The molecule has 1 aliphatic heterocycles. The minimum absolute atomic E-state index is 0.0826. The topological polar surface area (TPSA) is 80.8 Å². The molecule has 1 aromatic carbocycles. The van der Waals surface area contributed by atoms with Crippen LogP contribution in [0.25, 0.3) is 0 Å². The van der Waals surface area contributed by atoms with Crippen LogP contribution in [0, 0.1) is 6.92 Å². The molecular weight excluding hydrogens is 294 g/mol. The number of hydrogen-bond donors (Lipinski definition) is 0. The van der Waals surface area contributed by atoms with E-state index in [1.807, 2.05) is 0 Å². The zero-order chi connectivity index (χ0) is 15.6. The smallest absolute Gasteiger partial charge is 0.337 e. The number of ketones is 1. The van der Waals surface area contributed by atoms with Crippen molar-refractivity contribution in [3.8, 4) is 0 Å². The summed E-state index contributed by atoms with van der Waals surface area (Å²) in [5.41, 5.74) is 0.789. The van der Waals surface area contributed by atoms with E-state index in [0.29, 0.717) is 11.1 Å². The average Bonchev–Trinajstić information content (AvgIpc) is 2.46. The molecule has 1 aliphatic rings. The van der Waals surface area contributed by atoms with Gasteiger partial charge < -0.3 is 4.74 Å². The second-order valence-electron chi connectivity index (χ2n) is 4.91. The Morgan fingerprint density at radius 3 is 2.38 bits per heavy atom. The highest BCUT2D eigenvalue weighted by Crippen LogP contribution is 2.23. The van der Waals surface area contributed by atoms with E-state index in [4.69, 9.17) is 0 Å². The first kappa shape index (κ1) is 15.7. The van der Waals surface area contributed by atoms with Crippen molar-refractivity contribution in [1.29, 1.82) is 0 Å². The molecule has 0 N–H and O–H groups in total. The van der Waals surface area contributed by atoms with E-state index in [0.717, 1.165) is 0 Å². The Bertz CT molecular complexity index is 671. The van der Waals surface area contributed by atoms with Crippen molar-refractivity contribution in [2.24, 2.45) is 0 Å². The summed E-state index contributed by atoms with van der Waals surface area (Å²) >= 11 is 0. The van der Waals surface area contributed by atoms with Crippen molar-refractivity contribution >= 4 is 21.8 Å². The molecule has 0 atom stereocenters. The fourth-order valence-corrected chi connectivity index (χ4v) is 3.95. The van der Waals surface area contributed by atoms with Gasteiger partial charge in [0.25, 0.3) is 0 Å². The molecular formula is C14H17NO5S. The molecule has 6 nitrogen and oxygen atoms in total. The molecule has 0 saturated carbocycles. The van der Waals surface area contributed by atoms with Gasteiger partial charge in [0.05, 0.1) is 17.6 Å². The molecule has 0 bridgehead atoms. The lowest BCUT2D eigenvalue weighted by Gasteiger charge is -2.26. The van der Waals surface area contributed by atoms with E-state index in [1.165, 1.54) is 29.6 Å². The normalized spacial score (nSPS) is 16.8. The Morgan fingerprint density at radius 2 is 1.86 bits per heavy atom. The van der Waals surface area contributed by atoms with Crippen LogP contribution in [-0.2, 0) is 19.6 Å². The van der Waals surface area contributed by atoms with Gasteiger partial charge in [0.1, 0.15) is 5.78 Å². The number of rotatable bonds is 3. The van der Waals surface area contributed by atoms with E-state index in [1.54, 1.807) is 6.92 Å². The van der Waals surface area contributed by atoms with Crippen molar-refractivity contribution in [3.63, 3.8) is 0 Å². The maximum atomic E-state index is 12.6. The van der Waals surface area contributed by atoms with Crippen LogP contribution in [0.4, 0.5) is 0 Å². The Hall–Kier alpha value is -1.73. The lowest BCUT2D eigenvalue weighted by atomic mass is 10.1. The first-order valence-electron chi connectivity index (χ1n) is 6.57. The van der Waals surface area contributed by atoms with Crippen LogP contribution in [0.3, 0.4) is 0 Å². The second kappa shape index (κ2) is 5.95. The van der Waals surface area contributed by atoms with Gasteiger partial charge in [0.2, 0.25) is 10.0 Å². The molecule has 1 aromatic rings. The van der Waals surface area contributed by atoms with Gasteiger partial charge in [-0.05, 0) is 30.7 Å². The van der Waals surface area contributed by atoms with Gasteiger partial charge >= 0.3 is 5.97 Å². The number of esters is 1. The van der Waals surface area contributed by atoms with E-state index in [9.17, 15) is 18.0 Å². The Kier molecular flexibility index (Phi) is 4.43. The summed E-state index contributed by atoms with van der Waals surface area (Å²) in [6, 6.07) is 4.34.